The van der Waals surface area contributed by atoms with E-state index in [4.69, 9.17) is 13.9 Å². The number of likely N-dealkylation sites (tertiary alicyclic amines) is 1. The Balaban J connectivity index is 1.51. The Labute approximate surface area is 151 Å². The molecule has 0 bridgehead atoms. The molecule has 5 nitrogen and oxygen atoms in total. The summed E-state index contributed by atoms with van der Waals surface area (Å²) in [6.07, 6.45) is 3.40. The summed E-state index contributed by atoms with van der Waals surface area (Å²) in [5.41, 5.74) is 0.793. The van der Waals surface area contributed by atoms with Gasteiger partial charge >= 0.3 is 0 Å². The van der Waals surface area contributed by atoms with Gasteiger partial charge in [-0.25, -0.2) is 4.39 Å². The van der Waals surface area contributed by atoms with E-state index >= 15 is 0 Å². The minimum Gasteiger partial charge on any atom is -0.469 e. The third kappa shape index (κ3) is 3.52. The Kier molecular flexibility index (Phi) is 4.78. The molecule has 6 heteroatoms. The summed E-state index contributed by atoms with van der Waals surface area (Å²) in [7, 11) is 0. The first-order valence-electron chi connectivity index (χ1n) is 9.00. The first kappa shape index (κ1) is 17.2. The molecule has 138 valence electrons. The van der Waals surface area contributed by atoms with Gasteiger partial charge in [0.05, 0.1) is 25.4 Å². The highest BCUT2D eigenvalue weighted by Gasteiger charge is 2.41. The number of nitrogens with zero attached hydrogens (tertiary/aromatic N) is 1. The number of furan rings is 1. The highest BCUT2D eigenvalue weighted by atomic mass is 19.1. The van der Waals surface area contributed by atoms with E-state index in [1.807, 2.05) is 11.0 Å². The quantitative estimate of drug-likeness (QED) is 0.842. The van der Waals surface area contributed by atoms with Crippen molar-refractivity contribution in [1.29, 1.82) is 0 Å². The number of hydrogen-bond donors (Lipinski definition) is 0. The average molecular weight is 359 g/mol. The third-order valence-corrected chi connectivity index (χ3v) is 5.21. The van der Waals surface area contributed by atoms with E-state index < -0.39 is 11.7 Å². The highest BCUT2D eigenvalue weighted by Crippen LogP contribution is 2.33. The number of halogens is 1. The summed E-state index contributed by atoms with van der Waals surface area (Å²) >= 11 is 0. The van der Waals surface area contributed by atoms with Crippen LogP contribution in [0, 0.1) is 5.82 Å². The van der Waals surface area contributed by atoms with Gasteiger partial charge in [0.25, 0.3) is 0 Å². The van der Waals surface area contributed by atoms with Gasteiger partial charge in [-0.3, -0.25) is 4.79 Å². The van der Waals surface area contributed by atoms with Crippen LogP contribution in [-0.4, -0.2) is 42.9 Å². The molecule has 1 unspecified atom stereocenters. The van der Waals surface area contributed by atoms with E-state index in [-0.39, 0.29) is 11.7 Å². The van der Waals surface area contributed by atoms with Crippen molar-refractivity contribution in [3.8, 4) is 0 Å². The zero-order valence-corrected chi connectivity index (χ0v) is 14.5. The van der Waals surface area contributed by atoms with Crippen LogP contribution >= 0.6 is 0 Å². The second-order valence-electron chi connectivity index (χ2n) is 6.82. The molecule has 1 spiro atoms. The van der Waals surface area contributed by atoms with Crippen LogP contribution in [0.5, 0.6) is 0 Å². The molecule has 0 saturated carbocycles. The molecule has 1 aromatic heterocycles. The molecule has 1 aromatic carbocycles. The van der Waals surface area contributed by atoms with Gasteiger partial charge in [0.1, 0.15) is 11.6 Å². The summed E-state index contributed by atoms with van der Waals surface area (Å²) in [4.78, 5) is 15.1. The monoisotopic (exact) mass is 359 g/mol. The maximum absolute atomic E-state index is 13.3. The SMILES string of the molecule is O=C(C(Cc1ccco1)c1ccc(F)cc1)N1CCC2(CC1)OCCO2. The predicted octanol–water partition coefficient (Wildman–Crippen LogP) is 3.11. The van der Waals surface area contributed by atoms with Crippen LogP contribution in [0.4, 0.5) is 4.39 Å². The van der Waals surface area contributed by atoms with Gasteiger partial charge in [0.2, 0.25) is 5.91 Å². The number of ether oxygens (including phenoxy) is 2. The largest absolute Gasteiger partial charge is 0.469 e. The molecule has 2 aliphatic rings. The van der Waals surface area contributed by atoms with Crippen molar-refractivity contribution in [2.24, 2.45) is 0 Å². The van der Waals surface area contributed by atoms with Gasteiger partial charge in [-0.2, -0.15) is 0 Å². The van der Waals surface area contributed by atoms with E-state index in [1.54, 1.807) is 24.5 Å². The first-order valence-corrected chi connectivity index (χ1v) is 9.00. The summed E-state index contributed by atoms with van der Waals surface area (Å²) in [5, 5.41) is 0. The molecular formula is C20H22FNO4. The van der Waals surface area contributed by atoms with Crippen molar-refractivity contribution >= 4 is 5.91 Å². The van der Waals surface area contributed by atoms with E-state index in [0.29, 0.717) is 45.6 Å². The van der Waals surface area contributed by atoms with Crippen molar-refractivity contribution in [2.45, 2.75) is 31.0 Å². The van der Waals surface area contributed by atoms with Crippen LogP contribution in [0.2, 0.25) is 0 Å². The van der Waals surface area contributed by atoms with Crippen molar-refractivity contribution in [1.82, 2.24) is 4.90 Å². The van der Waals surface area contributed by atoms with Crippen LogP contribution in [0.1, 0.15) is 30.1 Å². The minimum absolute atomic E-state index is 0.0286. The lowest BCUT2D eigenvalue weighted by molar-refractivity contribution is -0.187. The lowest BCUT2D eigenvalue weighted by Gasteiger charge is -2.38. The smallest absolute Gasteiger partial charge is 0.230 e. The van der Waals surface area contributed by atoms with E-state index in [2.05, 4.69) is 0 Å². The van der Waals surface area contributed by atoms with Crippen molar-refractivity contribution < 1.29 is 23.1 Å². The van der Waals surface area contributed by atoms with E-state index in [1.165, 1.54) is 12.1 Å². The number of piperidine rings is 1. The van der Waals surface area contributed by atoms with Crippen molar-refractivity contribution in [2.75, 3.05) is 26.3 Å². The van der Waals surface area contributed by atoms with Crippen molar-refractivity contribution in [3.63, 3.8) is 0 Å². The Morgan fingerprint density at radius 2 is 1.81 bits per heavy atom. The minimum atomic E-state index is -0.511. The van der Waals surface area contributed by atoms with Gasteiger partial charge in [0.15, 0.2) is 5.79 Å². The number of amides is 1. The summed E-state index contributed by atoms with van der Waals surface area (Å²) < 4.78 is 30.2. The number of benzene rings is 1. The van der Waals surface area contributed by atoms with Gasteiger partial charge < -0.3 is 18.8 Å². The summed E-state index contributed by atoms with van der Waals surface area (Å²) in [6, 6.07) is 9.80. The van der Waals surface area contributed by atoms with Gasteiger partial charge in [-0.1, -0.05) is 12.1 Å². The van der Waals surface area contributed by atoms with E-state index in [9.17, 15) is 9.18 Å². The average Bonchev–Trinajstić information content (AvgIpc) is 3.33. The molecule has 2 aliphatic heterocycles. The molecule has 1 atom stereocenters. The summed E-state index contributed by atoms with van der Waals surface area (Å²) in [5.74, 6) is -0.456. The molecule has 0 radical (unpaired) electrons. The maximum atomic E-state index is 13.3. The molecule has 2 fully saturated rings. The van der Waals surface area contributed by atoms with Crippen LogP contribution < -0.4 is 0 Å². The Hall–Kier alpha value is -2.18. The highest BCUT2D eigenvalue weighted by molar-refractivity contribution is 5.84. The lowest BCUT2D eigenvalue weighted by Crippen LogP contribution is -2.48. The van der Waals surface area contributed by atoms with Crippen LogP contribution in [-0.2, 0) is 20.7 Å². The molecule has 1 amide bonds. The fourth-order valence-corrected chi connectivity index (χ4v) is 3.75. The number of carbonyl (C=O) groups is 1. The second kappa shape index (κ2) is 7.21. The summed E-state index contributed by atoms with van der Waals surface area (Å²) in [6.45, 7) is 2.42. The second-order valence-corrected chi connectivity index (χ2v) is 6.82. The third-order valence-electron chi connectivity index (χ3n) is 5.21. The molecule has 0 N–H and O–H groups in total. The van der Waals surface area contributed by atoms with Crippen molar-refractivity contribution in [3.05, 3.63) is 59.8 Å². The van der Waals surface area contributed by atoms with Gasteiger partial charge in [-0.05, 0) is 29.8 Å². The predicted molar refractivity (Wildman–Crippen MR) is 92.0 cm³/mol. The van der Waals surface area contributed by atoms with Gasteiger partial charge in [-0.15, -0.1) is 0 Å². The van der Waals surface area contributed by atoms with Crippen LogP contribution in [0.3, 0.4) is 0 Å². The molecule has 4 rings (SSSR count). The fourth-order valence-electron chi connectivity index (χ4n) is 3.75. The number of hydrogen-bond acceptors (Lipinski definition) is 4. The molecule has 3 heterocycles. The molecule has 0 aliphatic carbocycles. The lowest BCUT2D eigenvalue weighted by atomic mass is 9.91. The first-order chi connectivity index (χ1) is 12.7. The van der Waals surface area contributed by atoms with E-state index in [0.717, 1.165) is 11.3 Å². The maximum Gasteiger partial charge on any atom is 0.230 e. The van der Waals surface area contributed by atoms with Crippen LogP contribution in [0.25, 0.3) is 0 Å². The molecule has 26 heavy (non-hydrogen) atoms. The van der Waals surface area contributed by atoms with Gasteiger partial charge in [0, 0.05) is 32.4 Å². The Bertz CT molecular complexity index is 728. The fraction of sp³-hybridized carbons (Fsp3) is 0.450. The molecular weight excluding hydrogens is 337 g/mol. The van der Waals surface area contributed by atoms with Crippen LogP contribution in [0.15, 0.2) is 47.1 Å². The Morgan fingerprint density at radius 3 is 2.42 bits per heavy atom. The Morgan fingerprint density at radius 1 is 1.12 bits per heavy atom. The normalized spacial score (nSPS) is 20.4. The molecule has 2 aromatic rings. The number of carbonyl (C=O) groups excluding carboxylic acids is 1. The zero-order chi connectivity index (χ0) is 18.0. The molecule has 2 saturated heterocycles. The topological polar surface area (TPSA) is 51.9 Å². The number of rotatable bonds is 4. The zero-order valence-electron chi connectivity index (χ0n) is 14.5. The standard InChI is InChI=1S/C20H22FNO4/c21-16-5-3-15(4-6-16)18(14-17-2-1-11-24-17)19(23)22-9-7-20(8-10-22)25-12-13-26-20/h1-6,11,18H,7-10,12-14H2.